The van der Waals surface area contributed by atoms with E-state index in [0.717, 1.165) is 19.4 Å². The summed E-state index contributed by atoms with van der Waals surface area (Å²) in [7, 11) is 0. The van der Waals surface area contributed by atoms with Crippen LogP contribution in [-0.4, -0.2) is 29.9 Å². The quantitative estimate of drug-likeness (QED) is 0.840. The van der Waals surface area contributed by atoms with Crippen molar-refractivity contribution in [1.29, 1.82) is 0 Å². The van der Waals surface area contributed by atoms with E-state index in [0.29, 0.717) is 30.3 Å². The minimum atomic E-state index is 0.202. The molecule has 20 heavy (non-hydrogen) atoms. The summed E-state index contributed by atoms with van der Waals surface area (Å²) in [5, 5.41) is 0. The van der Waals surface area contributed by atoms with E-state index in [9.17, 15) is 4.79 Å². The summed E-state index contributed by atoms with van der Waals surface area (Å²) >= 11 is 0. The zero-order chi connectivity index (χ0) is 14.5. The van der Waals surface area contributed by atoms with Crippen LogP contribution in [-0.2, 0) is 4.79 Å². The number of nitrogens with zero attached hydrogens (tertiary/aromatic N) is 1. The maximum absolute atomic E-state index is 13.1. The molecule has 2 atom stereocenters. The third-order valence-electron chi connectivity index (χ3n) is 5.14. The van der Waals surface area contributed by atoms with E-state index in [1.165, 1.54) is 38.5 Å². The summed E-state index contributed by atoms with van der Waals surface area (Å²) in [4.78, 5) is 15.3. The number of carbonyl (C=O) groups is 1. The van der Waals surface area contributed by atoms with E-state index in [1.54, 1.807) is 0 Å². The number of rotatable bonds is 5. The standard InChI is InChI=1S/C17H32N2O/c1-13(2)12-19(15-8-4-5-9-15)17(20)16-10-6-3-7-14(16)11-18/h13-16H,3-12,18H2,1-2H3. The highest BCUT2D eigenvalue weighted by Gasteiger charge is 2.36. The maximum atomic E-state index is 13.1. The molecule has 0 aromatic rings. The van der Waals surface area contributed by atoms with Gasteiger partial charge in [-0.15, -0.1) is 0 Å². The van der Waals surface area contributed by atoms with Gasteiger partial charge in [0.1, 0.15) is 0 Å². The van der Waals surface area contributed by atoms with Gasteiger partial charge in [-0.2, -0.15) is 0 Å². The van der Waals surface area contributed by atoms with Crippen LogP contribution in [0, 0.1) is 17.8 Å². The minimum Gasteiger partial charge on any atom is -0.339 e. The van der Waals surface area contributed by atoms with Gasteiger partial charge in [0, 0.05) is 18.5 Å². The van der Waals surface area contributed by atoms with Gasteiger partial charge in [-0.1, -0.05) is 39.5 Å². The van der Waals surface area contributed by atoms with Crippen molar-refractivity contribution in [2.45, 2.75) is 71.3 Å². The second-order valence-electron chi connectivity index (χ2n) is 7.21. The van der Waals surface area contributed by atoms with Crippen molar-refractivity contribution < 1.29 is 4.79 Å². The topological polar surface area (TPSA) is 46.3 Å². The number of hydrogen-bond donors (Lipinski definition) is 1. The van der Waals surface area contributed by atoms with E-state index in [2.05, 4.69) is 18.7 Å². The Balaban J connectivity index is 2.07. The Bertz CT molecular complexity index is 310. The average Bonchev–Trinajstić information content (AvgIpc) is 2.97. The molecule has 0 radical (unpaired) electrons. The van der Waals surface area contributed by atoms with Crippen molar-refractivity contribution in [3.8, 4) is 0 Å². The molecule has 0 aromatic heterocycles. The van der Waals surface area contributed by atoms with E-state index in [4.69, 9.17) is 5.73 Å². The molecule has 3 nitrogen and oxygen atoms in total. The van der Waals surface area contributed by atoms with Crippen LogP contribution in [0.5, 0.6) is 0 Å². The highest BCUT2D eigenvalue weighted by molar-refractivity contribution is 5.79. The molecule has 0 heterocycles. The minimum absolute atomic E-state index is 0.202. The Morgan fingerprint density at radius 3 is 2.30 bits per heavy atom. The smallest absolute Gasteiger partial charge is 0.226 e. The number of nitrogens with two attached hydrogens (primary N) is 1. The van der Waals surface area contributed by atoms with E-state index >= 15 is 0 Å². The molecule has 2 aliphatic carbocycles. The Morgan fingerprint density at radius 1 is 1.10 bits per heavy atom. The van der Waals surface area contributed by atoms with Gasteiger partial charge in [0.2, 0.25) is 5.91 Å². The molecular formula is C17H32N2O. The van der Waals surface area contributed by atoms with Crippen molar-refractivity contribution in [2.24, 2.45) is 23.5 Å². The molecule has 0 aliphatic heterocycles. The van der Waals surface area contributed by atoms with Crippen LogP contribution < -0.4 is 5.73 Å². The molecule has 0 aromatic carbocycles. The van der Waals surface area contributed by atoms with Gasteiger partial charge in [-0.25, -0.2) is 0 Å². The van der Waals surface area contributed by atoms with Gasteiger partial charge in [-0.3, -0.25) is 4.79 Å². The summed E-state index contributed by atoms with van der Waals surface area (Å²) in [6.07, 6.45) is 9.65. The molecular weight excluding hydrogens is 248 g/mol. The van der Waals surface area contributed by atoms with Crippen LogP contribution >= 0.6 is 0 Å². The first-order valence-corrected chi connectivity index (χ1v) is 8.64. The molecule has 2 fully saturated rings. The number of hydrogen-bond acceptors (Lipinski definition) is 2. The van der Waals surface area contributed by atoms with Crippen molar-refractivity contribution in [1.82, 2.24) is 4.90 Å². The van der Waals surface area contributed by atoms with Crippen LogP contribution in [0.1, 0.15) is 65.2 Å². The lowest BCUT2D eigenvalue weighted by Crippen LogP contribution is -2.47. The fourth-order valence-corrected chi connectivity index (χ4v) is 4.06. The Morgan fingerprint density at radius 2 is 1.70 bits per heavy atom. The maximum Gasteiger partial charge on any atom is 0.226 e. The van der Waals surface area contributed by atoms with Crippen LogP contribution in [0.2, 0.25) is 0 Å². The van der Waals surface area contributed by atoms with Gasteiger partial charge in [-0.05, 0) is 44.1 Å². The van der Waals surface area contributed by atoms with Gasteiger partial charge >= 0.3 is 0 Å². The monoisotopic (exact) mass is 280 g/mol. The summed E-state index contributed by atoms with van der Waals surface area (Å²) < 4.78 is 0. The molecule has 2 aliphatic rings. The predicted molar refractivity (Wildman–Crippen MR) is 83.3 cm³/mol. The summed E-state index contributed by atoms with van der Waals surface area (Å²) in [6, 6.07) is 0.505. The van der Waals surface area contributed by atoms with Gasteiger partial charge in [0.05, 0.1) is 0 Å². The predicted octanol–water partition coefficient (Wildman–Crippen LogP) is 3.18. The highest BCUT2D eigenvalue weighted by Crippen LogP contribution is 2.33. The number of amides is 1. The van der Waals surface area contributed by atoms with Crippen LogP contribution in [0.4, 0.5) is 0 Å². The molecule has 0 bridgehead atoms. The molecule has 2 saturated carbocycles. The van der Waals surface area contributed by atoms with E-state index < -0.39 is 0 Å². The fraction of sp³-hybridized carbons (Fsp3) is 0.941. The first kappa shape index (κ1) is 15.8. The Labute approximate surface area is 124 Å². The summed E-state index contributed by atoms with van der Waals surface area (Å²) in [5.41, 5.74) is 5.92. The molecule has 1 amide bonds. The lowest BCUT2D eigenvalue weighted by atomic mass is 9.78. The van der Waals surface area contributed by atoms with E-state index in [-0.39, 0.29) is 5.92 Å². The zero-order valence-corrected chi connectivity index (χ0v) is 13.3. The number of carbonyl (C=O) groups excluding carboxylic acids is 1. The zero-order valence-electron chi connectivity index (χ0n) is 13.3. The van der Waals surface area contributed by atoms with Crippen molar-refractivity contribution in [3.05, 3.63) is 0 Å². The summed E-state index contributed by atoms with van der Waals surface area (Å²) in [6.45, 7) is 6.04. The second-order valence-corrected chi connectivity index (χ2v) is 7.21. The largest absolute Gasteiger partial charge is 0.339 e. The van der Waals surface area contributed by atoms with Crippen LogP contribution in [0.3, 0.4) is 0 Å². The Kier molecular flexibility index (Phi) is 5.88. The van der Waals surface area contributed by atoms with Crippen LogP contribution in [0.15, 0.2) is 0 Å². The lowest BCUT2D eigenvalue weighted by Gasteiger charge is -2.38. The van der Waals surface area contributed by atoms with Crippen molar-refractivity contribution >= 4 is 5.91 Å². The normalized spacial score (nSPS) is 28.0. The average molecular weight is 280 g/mol. The third kappa shape index (κ3) is 3.75. The van der Waals surface area contributed by atoms with E-state index in [1.807, 2.05) is 0 Å². The lowest BCUT2D eigenvalue weighted by molar-refractivity contribution is -0.141. The highest BCUT2D eigenvalue weighted by atomic mass is 16.2. The van der Waals surface area contributed by atoms with Crippen molar-refractivity contribution in [2.75, 3.05) is 13.1 Å². The molecule has 2 rings (SSSR count). The first-order chi connectivity index (χ1) is 9.63. The fourth-order valence-electron chi connectivity index (χ4n) is 4.06. The summed E-state index contributed by atoms with van der Waals surface area (Å²) in [5.74, 6) is 1.60. The van der Waals surface area contributed by atoms with Crippen molar-refractivity contribution in [3.63, 3.8) is 0 Å². The van der Waals surface area contributed by atoms with Gasteiger partial charge in [0.15, 0.2) is 0 Å². The molecule has 116 valence electrons. The molecule has 0 saturated heterocycles. The molecule has 0 spiro atoms. The molecule has 3 heteroatoms. The van der Waals surface area contributed by atoms with Crippen LogP contribution in [0.25, 0.3) is 0 Å². The van der Waals surface area contributed by atoms with Gasteiger partial charge in [0.25, 0.3) is 0 Å². The molecule has 2 N–H and O–H groups in total. The Hall–Kier alpha value is -0.570. The first-order valence-electron chi connectivity index (χ1n) is 8.64. The second kappa shape index (κ2) is 7.44. The third-order valence-corrected chi connectivity index (χ3v) is 5.14. The molecule has 2 unspecified atom stereocenters. The SMILES string of the molecule is CC(C)CN(C(=O)C1CCCCC1CN)C1CCCC1. The van der Waals surface area contributed by atoms with Gasteiger partial charge < -0.3 is 10.6 Å².